The number of aryl methyl sites for hydroxylation is 1. The molecule has 0 aliphatic carbocycles. The molecule has 1 aliphatic heterocycles. The van der Waals surface area contributed by atoms with Gasteiger partial charge in [-0.25, -0.2) is 0 Å². The Hall–Kier alpha value is -3.02. The highest BCUT2D eigenvalue weighted by atomic mass is 16.6. The zero-order chi connectivity index (χ0) is 19.2. The van der Waals surface area contributed by atoms with Crippen LogP contribution in [0.25, 0.3) is 0 Å². The summed E-state index contributed by atoms with van der Waals surface area (Å²) in [5, 5.41) is 2.87. The van der Waals surface area contributed by atoms with E-state index in [1.54, 1.807) is 23.1 Å². The molecule has 1 aliphatic rings. The third-order valence-electron chi connectivity index (χ3n) is 4.43. The Balaban J connectivity index is 1.62. The van der Waals surface area contributed by atoms with Crippen LogP contribution in [-0.2, 0) is 16.0 Å². The zero-order valence-electron chi connectivity index (χ0n) is 15.7. The van der Waals surface area contributed by atoms with Crippen LogP contribution in [0.1, 0.15) is 25.8 Å². The predicted molar refractivity (Wildman–Crippen MR) is 105 cm³/mol. The second-order valence-corrected chi connectivity index (χ2v) is 6.35. The van der Waals surface area contributed by atoms with Crippen LogP contribution in [0.5, 0.6) is 11.5 Å². The lowest BCUT2D eigenvalue weighted by Crippen LogP contribution is -2.32. The van der Waals surface area contributed by atoms with E-state index >= 15 is 0 Å². The van der Waals surface area contributed by atoms with E-state index in [0.29, 0.717) is 30.4 Å². The summed E-state index contributed by atoms with van der Waals surface area (Å²) in [6, 6.07) is 13.1. The monoisotopic (exact) mass is 368 g/mol. The summed E-state index contributed by atoms with van der Waals surface area (Å²) in [6.07, 6.45) is 1.15. The van der Waals surface area contributed by atoms with Crippen molar-refractivity contribution in [1.29, 1.82) is 0 Å². The number of hydrogen-bond donors (Lipinski definition) is 1. The van der Waals surface area contributed by atoms with Gasteiger partial charge in [0.1, 0.15) is 13.2 Å². The SMILES string of the molecule is CCc1ccc(NC(=O)CCN(C(C)=O)c2ccc3c(c2)OCCO3)cc1. The first-order valence-corrected chi connectivity index (χ1v) is 9.13. The summed E-state index contributed by atoms with van der Waals surface area (Å²) >= 11 is 0. The van der Waals surface area contributed by atoms with E-state index in [9.17, 15) is 9.59 Å². The Morgan fingerprint density at radius 1 is 1.04 bits per heavy atom. The molecule has 0 aromatic heterocycles. The molecule has 0 atom stereocenters. The highest BCUT2D eigenvalue weighted by Gasteiger charge is 2.18. The minimum absolute atomic E-state index is 0.133. The molecule has 0 radical (unpaired) electrons. The van der Waals surface area contributed by atoms with Crippen molar-refractivity contribution in [3.05, 3.63) is 48.0 Å². The van der Waals surface area contributed by atoms with Crippen LogP contribution >= 0.6 is 0 Å². The third kappa shape index (κ3) is 4.78. The summed E-state index contributed by atoms with van der Waals surface area (Å²) < 4.78 is 11.1. The molecule has 0 saturated heterocycles. The molecule has 1 N–H and O–H groups in total. The molecule has 27 heavy (non-hydrogen) atoms. The van der Waals surface area contributed by atoms with Crippen molar-refractivity contribution in [3.8, 4) is 11.5 Å². The molecule has 0 spiro atoms. The number of carbonyl (C=O) groups excluding carboxylic acids is 2. The van der Waals surface area contributed by atoms with Crippen LogP contribution in [0.4, 0.5) is 11.4 Å². The van der Waals surface area contributed by atoms with Crippen molar-refractivity contribution in [2.75, 3.05) is 30.0 Å². The maximum atomic E-state index is 12.3. The molecule has 142 valence electrons. The van der Waals surface area contributed by atoms with Crippen LogP contribution in [0, 0.1) is 0 Å². The van der Waals surface area contributed by atoms with Gasteiger partial charge in [0, 0.05) is 37.3 Å². The number of rotatable bonds is 6. The number of anilines is 2. The molecule has 0 bridgehead atoms. The lowest BCUT2D eigenvalue weighted by Gasteiger charge is -2.24. The molecular formula is C21H24N2O4. The van der Waals surface area contributed by atoms with E-state index in [1.165, 1.54) is 12.5 Å². The van der Waals surface area contributed by atoms with E-state index in [-0.39, 0.29) is 24.8 Å². The van der Waals surface area contributed by atoms with E-state index in [4.69, 9.17) is 9.47 Å². The van der Waals surface area contributed by atoms with Crippen LogP contribution in [-0.4, -0.2) is 31.6 Å². The van der Waals surface area contributed by atoms with Crippen molar-refractivity contribution < 1.29 is 19.1 Å². The van der Waals surface area contributed by atoms with Gasteiger partial charge in [0.15, 0.2) is 11.5 Å². The van der Waals surface area contributed by atoms with Gasteiger partial charge < -0.3 is 19.7 Å². The van der Waals surface area contributed by atoms with Crippen molar-refractivity contribution >= 4 is 23.2 Å². The number of fused-ring (bicyclic) bond motifs is 1. The Kier molecular flexibility index (Phi) is 5.96. The fraction of sp³-hybridized carbons (Fsp3) is 0.333. The highest BCUT2D eigenvalue weighted by molar-refractivity contribution is 5.95. The van der Waals surface area contributed by atoms with Crippen molar-refractivity contribution in [2.45, 2.75) is 26.7 Å². The second-order valence-electron chi connectivity index (χ2n) is 6.35. The maximum Gasteiger partial charge on any atom is 0.226 e. The van der Waals surface area contributed by atoms with Gasteiger partial charge in [0.2, 0.25) is 11.8 Å². The molecular weight excluding hydrogens is 344 g/mol. The Labute approximate surface area is 159 Å². The predicted octanol–water partition coefficient (Wildman–Crippen LogP) is 3.40. The van der Waals surface area contributed by atoms with E-state index in [2.05, 4.69) is 12.2 Å². The van der Waals surface area contributed by atoms with E-state index in [0.717, 1.165) is 12.1 Å². The fourth-order valence-corrected chi connectivity index (χ4v) is 2.93. The van der Waals surface area contributed by atoms with Gasteiger partial charge >= 0.3 is 0 Å². The van der Waals surface area contributed by atoms with Gasteiger partial charge in [-0.15, -0.1) is 0 Å². The maximum absolute atomic E-state index is 12.3. The molecule has 2 amide bonds. The quantitative estimate of drug-likeness (QED) is 0.849. The van der Waals surface area contributed by atoms with Crippen LogP contribution in [0.3, 0.4) is 0 Å². The minimum Gasteiger partial charge on any atom is -0.486 e. The van der Waals surface area contributed by atoms with Crippen molar-refractivity contribution in [1.82, 2.24) is 0 Å². The summed E-state index contributed by atoms with van der Waals surface area (Å²) in [5.74, 6) is 1.02. The van der Waals surface area contributed by atoms with E-state index in [1.807, 2.05) is 24.3 Å². The molecule has 3 rings (SSSR count). The van der Waals surface area contributed by atoms with Crippen LogP contribution < -0.4 is 19.7 Å². The summed E-state index contributed by atoms with van der Waals surface area (Å²) in [7, 11) is 0. The van der Waals surface area contributed by atoms with Gasteiger partial charge in [0.25, 0.3) is 0 Å². The van der Waals surface area contributed by atoms with Crippen molar-refractivity contribution in [3.63, 3.8) is 0 Å². The molecule has 0 fully saturated rings. The molecule has 6 nitrogen and oxygen atoms in total. The first-order valence-electron chi connectivity index (χ1n) is 9.13. The summed E-state index contributed by atoms with van der Waals surface area (Å²) in [6.45, 7) is 4.85. The van der Waals surface area contributed by atoms with Gasteiger partial charge in [-0.1, -0.05) is 19.1 Å². The Morgan fingerprint density at radius 3 is 2.41 bits per heavy atom. The van der Waals surface area contributed by atoms with Crippen LogP contribution in [0.2, 0.25) is 0 Å². The molecule has 0 unspecified atom stereocenters. The largest absolute Gasteiger partial charge is 0.486 e. The normalized spacial score (nSPS) is 12.4. The number of hydrogen-bond acceptors (Lipinski definition) is 4. The molecule has 2 aromatic carbocycles. The lowest BCUT2D eigenvalue weighted by molar-refractivity contribution is -0.117. The number of amides is 2. The van der Waals surface area contributed by atoms with Crippen LogP contribution in [0.15, 0.2) is 42.5 Å². The topological polar surface area (TPSA) is 67.9 Å². The van der Waals surface area contributed by atoms with Gasteiger partial charge in [-0.2, -0.15) is 0 Å². The number of ether oxygens (including phenoxy) is 2. The standard InChI is InChI=1S/C21H24N2O4/c1-3-16-4-6-17(7-5-16)22-21(25)10-11-23(15(2)24)18-8-9-19-20(14-18)27-13-12-26-19/h4-9,14H,3,10-13H2,1-2H3,(H,22,25). The van der Waals surface area contributed by atoms with Crippen molar-refractivity contribution in [2.24, 2.45) is 0 Å². The lowest BCUT2D eigenvalue weighted by atomic mass is 10.1. The molecule has 1 heterocycles. The van der Waals surface area contributed by atoms with Gasteiger partial charge in [-0.05, 0) is 36.2 Å². The number of nitrogens with zero attached hydrogens (tertiary/aromatic N) is 1. The fourth-order valence-electron chi connectivity index (χ4n) is 2.93. The number of benzene rings is 2. The smallest absolute Gasteiger partial charge is 0.226 e. The highest BCUT2D eigenvalue weighted by Crippen LogP contribution is 2.34. The molecule has 2 aromatic rings. The van der Waals surface area contributed by atoms with E-state index < -0.39 is 0 Å². The van der Waals surface area contributed by atoms with Gasteiger partial charge in [0.05, 0.1) is 0 Å². The minimum atomic E-state index is -0.136. The number of carbonyl (C=O) groups is 2. The zero-order valence-corrected chi connectivity index (χ0v) is 15.7. The third-order valence-corrected chi connectivity index (χ3v) is 4.43. The number of nitrogens with one attached hydrogen (secondary N) is 1. The molecule has 0 saturated carbocycles. The first-order chi connectivity index (χ1) is 13.1. The average molecular weight is 368 g/mol. The second kappa shape index (κ2) is 8.58. The molecule has 6 heteroatoms. The Bertz CT molecular complexity index is 817. The summed E-state index contributed by atoms with van der Waals surface area (Å²) in [5.41, 5.74) is 2.66. The first kappa shape index (κ1) is 18.8. The summed E-state index contributed by atoms with van der Waals surface area (Å²) in [4.78, 5) is 25.9. The van der Waals surface area contributed by atoms with Gasteiger partial charge in [-0.3, -0.25) is 9.59 Å². The average Bonchev–Trinajstić information content (AvgIpc) is 2.68. The Morgan fingerprint density at radius 2 is 1.74 bits per heavy atom.